The molecule has 0 aliphatic heterocycles. The first-order valence-electron chi connectivity index (χ1n) is 7.71. The average molecular weight is 310 g/mol. The van der Waals surface area contributed by atoms with Gasteiger partial charge in [-0.25, -0.2) is 0 Å². The van der Waals surface area contributed by atoms with Crippen molar-refractivity contribution in [3.63, 3.8) is 0 Å². The maximum Gasteiger partial charge on any atom is 0.308 e. The number of hydrogen-bond acceptors (Lipinski definition) is 1. The van der Waals surface area contributed by atoms with Gasteiger partial charge in [0.25, 0.3) is 0 Å². The van der Waals surface area contributed by atoms with Gasteiger partial charge in [-0.05, 0) is 17.5 Å². The number of carboxylic acids is 1. The van der Waals surface area contributed by atoms with Crippen LogP contribution in [-0.2, 0) is 10.2 Å². The van der Waals surface area contributed by atoms with E-state index in [1.54, 1.807) is 0 Å². The van der Waals surface area contributed by atoms with Crippen molar-refractivity contribution in [2.24, 2.45) is 0 Å². The van der Waals surface area contributed by atoms with Crippen molar-refractivity contribution < 1.29 is 9.90 Å². The van der Waals surface area contributed by atoms with Crippen molar-refractivity contribution >= 4 is 14.0 Å². The van der Waals surface area contributed by atoms with E-state index in [4.69, 9.17) is 0 Å². The SMILES string of the molecule is C[Si](C)(C)[C@]1(C(=O)O)CC1(c1ccccc1)c1ccccc1. The third kappa shape index (κ3) is 1.81. The highest BCUT2D eigenvalue weighted by Gasteiger charge is 2.78. The van der Waals surface area contributed by atoms with Crippen molar-refractivity contribution in [1.29, 1.82) is 0 Å². The molecule has 3 heteroatoms. The minimum atomic E-state index is -1.94. The molecular formula is C19H22O2Si. The fourth-order valence-electron chi connectivity index (χ4n) is 4.15. The highest BCUT2D eigenvalue weighted by atomic mass is 28.3. The molecule has 0 spiro atoms. The summed E-state index contributed by atoms with van der Waals surface area (Å²) in [7, 11) is -1.94. The van der Waals surface area contributed by atoms with Crippen LogP contribution in [0.4, 0.5) is 0 Å². The van der Waals surface area contributed by atoms with Gasteiger partial charge in [0.1, 0.15) is 0 Å². The van der Waals surface area contributed by atoms with Gasteiger partial charge >= 0.3 is 5.97 Å². The summed E-state index contributed by atoms with van der Waals surface area (Å²) in [5.41, 5.74) is 1.88. The van der Waals surface area contributed by atoms with E-state index in [9.17, 15) is 9.90 Å². The molecule has 1 aliphatic rings. The number of benzene rings is 2. The van der Waals surface area contributed by atoms with Gasteiger partial charge in [-0.2, -0.15) is 0 Å². The predicted molar refractivity (Wildman–Crippen MR) is 92.0 cm³/mol. The van der Waals surface area contributed by atoms with Crippen molar-refractivity contribution in [1.82, 2.24) is 0 Å². The zero-order valence-corrected chi connectivity index (χ0v) is 14.3. The Morgan fingerprint density at radius 2 is 1.32 bits per heavy atom. The van der Waals surface area contributed by atoms with Gasteiger partial charge in [0.2, 0.25) is 0 Å². The van der Waals surface area contributed by atoms with Crippen LogP contribution in [0.3, 0.4) is 0 Å². The van der Waals surface area contributed by atoms with Crippen LogP contribution in [0.15, 0.2) is 60.7 Å². The minimum absolute atomic E-state index is 0.383. The molecule has 2 nitrogen and oxygen atoms in total. The third-order valence-corrected chi connectivity index (χ3v) is 8.69. The molecule has 0 unspecified atom stereocenters. The Kier molecular flexibility index (Phi) is 3.29. The maximum absolute atomic E-state index is 12.3. The highest BCUT2D eigenvalue weighted by Crippen LogP contribution is 2.77. The van der Waals surface area contributed by atoms with Crippen LogP contribution < -0.4 is 0 Å². The lowest BCUT2D eigenvalue weighted by Gasteiger charge is -2.32. The van der Waals surface area contributed by atoms with E-state index in [2.05, 4.69) is 43.9 Å². The third-order valence-electron chi connectivity index (χ3n) is 5.31. The fraction of sp³-hybridized carbons (Fsp3) is 0.316. The van der Waals surface area contributed by atoms with Crippen molar-refractivity contribution in [3.8, 4) is 0 Å². The zero-order chi connectivity index (χ0) is 16.0. The second kappa shape index (κ2) is 4.82. The zero-order valence-electron chi connectivity index (χ0n) is 13.3. The summed E-state index contributed by atoms with van der Waals surface area (Å²) in [6.07, 6.45) is 0.707. The molecule has 0 bridgehead atoms. The van der Waals surface area contributed by atoms with E-state index in [0.717, 1.165) is 11.1 Å². The molecular weight excluding hydrogens is 288 g/mol. The van der Waals surface area contributed by atoms with Gasteiger partial charge in [-0.1, -0.05) is 80.3 Å². The van der Waals surface area contributed by atoms with E-state index in [1.165, 1.54) is 0 Å². The number of aliphatic carboxylic acids is 1. The van der Waals surface area contributed by atoms with Crippen LogP contribution in [0, 0.1) is 0 Å². The first kappa shape index (κ1) is 15.0. The van der Waals surface area contributed by atoms with Crippen LogP contribution in [0.1, 0.15) is 17.5 Å². The predicted octanol–water partition coefficient (Wildman–Crippen LogP) is 4.54. The van der Waals surface area contributed by atoms with Crippen molar-refractivity contribution in [2.75, 3.05) is 0 Å². The highest BCUT2D eigenvalue weighted by molar-refractivity contribution is 6.84. The molecule has 0 aromatic heterocycles. The summed E-state index contributed by atoms with van der Waals surface area (Å²) in [6.45, 7) is 6.53. The molecule has 0 saturated heterocycles. The topological polar surface area (TPSA) is 37.3 Å². The van der Waals surface area contributed by atoms with Crippen LogP contribution in [-0.4, -0.2) is 19.1 Å². The lowest BCUT2D eigenvalue weighted by molar-refractivity contribution is -0.138. The van der Waals surface area contributed by atoms with Crippen LogP contribution in [0.25, 0.3) is 0 Å². The van der Waals surface area contributed by atoms with E-state index < -0.39 is 19.1 Å². The Labute approximate surface area is 132 Å². The number of carboxylic acid groups (broad SMARTS) is 1. The molecule has 22 heavy (non-hydrogen) atoms. The number of rotatable bonds is 4. The lowest BCUT2D eigenvalue weighted by atomic mass is 9.85. The first-order chi connectivity index (χ1) is 10.4. The number of carbonyl (C=O) groups is 1. The van der Waals surface area contributed by atoms with Crippen molar-refractivity contribution in [3.05, 3.63) is 71.8 Å². The van der Waals surface area contributed by atoms with E-state index in [1.807, 2.05) is 36.4 Å². The van der Waals surface area contributed by atoms with Crippen LogP contribution in [0.5, 0.6) is 0 Å². The molecule has 1 N–H and O–H groups in total. The second-order valence-corrected chi connectivity index (χ2v) is 12.6. The van der Waals surface area contributed by atoms with E-state index in [-0.39, 0.29) is 5.41 Å². The Morgan fingerprint density at radius 3 is 1.59 bits per heavy atom. The molecule has 0 amide bonds. The molecule has 1 fully saturated rings. The minimum Gasteiger partial charge on any atom is -0.481 e. The fourth-order valence-corrected chi connectivity index (χ4v) is 7.15. The normalized spacial score (nSPS) is 23.0. The molecule has 1 saturated carbocycles. The van der Waals surface area contributed by atoms with Gasteiger partial charge in [0, 0.05) is 5.41 Å². The monoisotopic (exact) mass is 310 g/mol. The van der Waals surface area contributed by atoms with Crippen LogP contribution >= 0.6 is 0 Å². The van der Waals surface area contributed by atoms with Gasteiger partial charge < -0.3 is 5.11 Å². The van der Waals surface area contributed by atoms with E-state index in [0.29, 0.717) is 6.42 Å². The van der Waals surface area contributed by atoms with Gasteiger partial charge in [-0.3, -0.25) is 4.79 Å². The Hall–Kier alpha value is -1.87. The quantitative estimate of drug-likeness (QED) is 0.842. The standard InChI is InChI=1S/C19H22O2Si/c1-22(2,3)19(17(20)21)14-18(19,15-10-6-4-7-11-15)16-12-8-5-9-13-16/h4-13H,14H2,1-3H3,(H,20,21)/t19-/m0/s1. The summed E-state index contributed by atoms with van der Waals surface area (Å²) in [5, 5.41) is 9.50. The number of hydrogen-bond donors (Lipinski definition) is 1. The molecule has 114 valence electrons. The van der Waals surface area contributed by atoms with E-state index >= 15 is 0 Å². The molecule has 1 aliphatic carbocycles. The largest absolute Gasteiger partial charge is 0.481 e. The average Bonchev–Trinajstić information content (AvgIpc) is 3.22. The summed E-state index contributed by atoms with van der Waals surface area (Å²) in [6, 6.07) is 20.3. The molecule has 1 atom stereocenters. The summed E-state index contributed by atoms with van der Waals surface area (Å²) in [5.74, 6) is -0.639. The van der Waals surface area contributed by atoms with Gasteiger partial charge in [0.15, 0.2) is 0 Å². The maximum atomic E-state index is 12.3. The van der Waals surface area contributed by atoms with Gasteiger partial charge in [0.05, 0.1) is 13.1 Å². The molecule has 2 aromatic rings. The summed E-state index contributed by atoms with van der Waals surface area (Å²) in [4.78, 5) is 12.3. The summed E-state index contributed by atoms with van der Waals surface area (Å²) < 4.78 is 0. The Balaban J connectivity index is 2.27. The Morgan fingerprint density at radius 1 is 0.909 bits per heavy atom. The van der Waals surface area contributed by atoms with Gasteiger partial charge in [-0.15, -0.1) is 0 Å². The first-order valence-corrected chi connectivity index (χ1v) is 11.2. The molecule has 0 heterocycles. The second-order valence-electron chi connectivity index (χ2n) is 7.27. The molecule has 3 rings (SSSR count). The molecule has 2 aromatic carbocycles. The Bertz CT molecular complexity index is 649. The smallest absolute Gasteiger partial charge is 0.308 e. The lowest BCUT2D eigenvalue weighted by Crippen LogP contribution is -2.41. The molecule has 0 radical (unpaired) electrons. The van der Waals surface area contributed by atoms with Crippen LogP contribution in [0.2, 0.25) is 24.7 Å². The van der Waals surface area contributed by atoms with Crippen molar-refractivity contribution in [2.45, 2.75) is 36.5 Å². The summed E-state index contributed by atoms with van der Waals surface area (Å²) >= 11 is 0.